The van der Waals surface area contributed by atoms with Crippen molar-refractivity contribution in [1.29, 1.82) is 0 Å². The van der Waals surface area contributed by atoms with Crippen LogP contribution in [-0.2, 0) is 0 Å². The van der Waals surface area contributed by atoms with Crippen molar-refractivity contribution in [3.8, 4) is 17.3 Å². The summed E-state index contributed by atoms with van der Waals surface area (Å²) in [7, 11) is 0. The van der Waals surface area contributed by atoms with Gasteiger partial charge in [0.25, 0.3) is 17.0 Å². The molecule has 0 atom stereocenters. The number of thiol groups is 1. The van der Waals surface area contributed by atoms with Crippen LogP contribution in [0.5, 0.6) is 0 Å². The quantitative estimate of drug-likeness (QED) is 0.354. The number of halogens is 3. The molecular formula is C18H11BrCl2N6O2S. The third kappa shape index (κ3) is 4.08. The Bertz CT molecular complexity index is 1280. The van der Waals surface area contributed by atoms with Crippen LogP contribution in [0.3, 0.4) is 0 Å². The second-order valence-corrected chi connectivity index (χ2v) is 8.10. The average molecular weight is 526 g/mol. The fourth-order valence-electron chi connectivity index (χ4n) is 2.79. The van der Waals surface area contributed by atoms with Crippen LogP contribution in [0.2, 0.25) is 10.0 Å². The van der Waals surface area contributed by atoms with Gasteiger partial charge in [0.1, 0.15) is 10.3 Å². The van der Waals surface area contributed by atoms with Gasteiger partial charge in [0.05, 0.1) is 16.3 Å². The molecule has 1 aromatic carbocycles. The third-order valence-electron chi connectivity index (χ3n) is 4.04. The molecule has 0 spiro atoms. The maximum atomic E-state index is 13.2. The zero-order valence-corrected chi connectivity index (χ0v) is 19.1. The van der Waals surface area contributed by atoms with Crippen molar-refractivity contribution < 1.29 is 9.21 Å². The van der Waals surface area contributed by atoms with Crippen LogP contribution in [0.4, 0.5) is 5.69 Å². The van der Waals surface area contributed by atoms with Crippen LogP contribution in [0, 0.1) is 6.92 Å². The number of carbonyl (C=O) groups excluding carboxylic acids is 1. The molecule has 8 nitrogen and oxygen atoms in total. The number of nitrogens with one attached hydrogen (secondary N) is 1. The third-order valence-corrected chi connectivity index (χ3v) is 5.12. The minimum absolute atomic E-state index is 0.0895. The average Bonchev–Trinajstić information content (AvgIpc) is 3.29. The molecule has 0 aliphatic carbocycles. The predicted octanol–water partition coefficient (Wildman–Crippen LogP) is 5.24. The lowest BCUT2D eigenvalue weighted by Crippen LogP contribution is -2.18. The van der Waals surface area contributed by atoms with Crippen LogP contribution in [0.25, 0.3) is 17.3 Å². The highest BCUT2D eigenvalue weighted by atomic mass is 79.9. The van der Waals surface area contributed by atoms with Crippen LogP contribution in [0.15, 0.2) is 50.8 Å². The predicted molar refractivity (Wildman–Crippen MR) is 119 cm³/mol. The van der Waals surface area contributed by atoms with E-state index in [9.17, 15) is 4.79 Å². The van der Waals surface area contributed by atoms with Gasteiger partial charge in [-0.25, -0.2) is 9.67 Å². The van der Waals surface area contributed by atoms with Gasteiger partial charge in [0.2, 0.25) is 0 Å². The van der Waals surface area contributed by atoms with Gasteiger partial charge in [-0.3, -0.25) is 4.79 Å². The lowest BCUT2D eigenvalue weighted by Gasteiger charge is -2.13. The van der Waals surface area contributed by atoms with Crippen LogP contribution < -0.4 is 5.32 Å². The number of aromatic nitrogens is 5. The Hall–Kier alpha value is -2.40. The number of hydrogen-bond donors (Lipinski definition) is 2. The monoisotopic (exact) mass is 524 g/mol. The van der Waals surface area contributed by atoms with Crippen molar-refractivity contribution in [2.45, 2.75) is 12.1 Å². The highest BCUT2D eigenvalue weighted by Crippen LogP contribution is 2.34. The molecule has 3 aromatic heterocycles. The number of pyridine rings is 1. The number of carbonyl (C=O) groups is 1. The molecule has 30 heavy (non-hydrogen) atoms. The molecule has 1 N–H and O–H groups in total. The highest BCUT2D eigenvalue weighted by molar-refractivity contribution is 9.10. The van der Waals surface area contributed by atoms with E-state index in [0.29, 0.717) is 37.3 Å². The van der Waals surface area contributed by atoms with E-state index in [4.69, 9.17) is 27.6 Å². The summed E-state index contributed by atoms with van der Waals surface area (Å²) in [6.07, 6.45) is 1.56. The first kappa shape index (κ1) is 20.9. The Morgan fingerprint density at radius 1 is 1.27 bits per heavy atom. The molecule has 0 saturated carbocycles. The second kappa shape index (κ2) is 8.38. The fourth-order valence-corrected chi connectivity index (χ4v) is 3.77. The summed E-state index contributed by atoms with van der Waals surface area (Å²) in [6, 6.07) is 8.24. The number of amides is 1. The summed E-state index contributed by atoms with van der Waals surface area (Å²) in [5.74, 6) is 0.0373. The van der Waals surface area contributed by atoms with E-state index in [1.54, 1.807) is 43.5 Å². The summed E-state index contributed by atoms with van der Waals surface area (Å²) in [5, 5.41) is 15.7. The maximum Gasteiger partial charge on any atom is 0.274 e. The molecule has 0 saturated heterocycles. The fraction of sp³-hybridized carbons (Fsp3) is 0.0556. The summed E-state index contributed by atoms with van der Waals surface area (Å²) in [5.41, 5.74) is 1.83. The zero-order valence-electron chi connectivity index (χ0n) is 15.1. The summed E-state index contributed by atoms with van der Waals surface area (Å²) in [6.45, 7) is 1.80. The van der Waals surface area contributed by atoms with Crippen LogP contribution in [-0.4, -0.2) is 30.9 Å². The van der Waals surface area contributed by atoms with Gasteiger partial charge in [-0.2, -0.15) is 5.10 Å². The van der Waals surface area contributed by atoms with Crippen molar-refractivity contribution in [3.63, 3.8) is 0 Å². The van der Waals surface area contributed by atoms with E-state index in [1.807, 2.05) is 0 Å². The van der Waals surface area contributed by atoms with Crippen LogP contribution >= 0.6 is 51.8 Å². The standard InChI is InChI=1S/C18H11BrCl2N6O2S/c1-8-5-9(20)6-10(17-24-25-18(30)29-17)14(8)23-16(28)12-7-13(19)26-27(12)15-11(21)3-2-4-22-15/h2-7H,1H3,(H,23,28)(H,25,30). The molecular weight excluding hydrogens is 515 g/mol. The maximum absolute atomic E-state index is 13.2. The van der Waals surface area contributed by atoms with Crippen LogP contribution in [0.1, 0.15) is 16.1 Å². The molecule has 4 rings (SSSR count). The Labute approximate surface area is 194 Å². The number of rotatable bonds is 4. The van der Waals surface area contributed by atoms with Gasteiger partial charge in [0.15, 0.2) is 5.82 Å². The molecule has 0 aliphatic rings. The number of nitrogens with zero attached hydrogens (tertiary/aromatic N) is 5. The summed E-state index contributed by atoms with van der Waals surface area (Å²) >= 11 is 19.8. The Balaban J connectivity index is 1.77. The Morgan fingerprint density at radius 2 is 2.07 bits per heavy atom. The number of aryl methyl sites for hydroxylation is 1. The molecule has 0 radical (unpaired) electrons. The zero-order chi connectivity index (χ0) is 21.4. The van der Waals surface area contributed by atoms with Crippen molar-refractivity contribution in [2.24, 2.45) is 0 Å². The minimum atomic E-state index is -0.452. The molecule has 4 aromatic rings. The van der Waals surface area contributed by atoms with Crippen molar-refractivity contribution in [1.82, 2.24) is 25.0 Å². The largest absolute Gasteiger partial charge is 0.411 e. The normalized spacial score (nSPS) is 11.0. The van der Waals surface area contributed by atoms with Crippen molar-refractivity contribution in [3.05, 3.63) is 62.4 Å². The first-order chi connectivity index (χ1) is 14.3. The number of benzene rings is 1. The minimum Gasteiger partial charge on any atom is -0.411 e. The van der Waals surface area contributed by atoms with Gasteiger partial charge in [0, 0.05) is 17.3 Å². The lowest BCUT2D eigenvalue weighted by molar-refractivity contribution is 0.101. The first-order valence-electron chi connectivity index (χ1n) is 8.34. The second-order valence-electron chi connectivity index (χ2n) is 6.06. The smallest absolute Gasteiger partial charge is 0.274 e. The van der Waals surface area contributed by atoms with E-state index in [2.05, 4.69) is 54.2 Å². The SMILES string of the molecule is Cc1cc(Cl)cc(-c2nnc(S)o2)c1NC(=O)c1cc(Br)nn1-c1ncccc1Cl. The Kier molecular flexibility index (Phi) is 5.83. The number of anilines is 1. The molecule has 3 heterocycles. The van der Waals surface area contributed by atoms with Gasteiger partial charge in [-0.1, -0.05) is 35.8 Å². The molecule has 12 heteroatoms. The van der Waals surface area contributed by atoms with Gasteiger partial charge >= 0.3 is 0 Å². The summed E-state index contributed by atoms with van der Waals surface area (Å²) < 4.78 is 7.20. The van der Waals surface area contributed by atoms with E-state index >= 15 is 0 Å². The van der Waals surface area contributed by atoms with Gasteiger partial charge in [-0.15, -0.1) is 10.2 Å². The van der Waals surface area contributed by atoms with E-state index in [0.717, 1.165) is 0 Å². The lowest BCUT2D eigenvalue weighted by atomic mass is 10.1. The topological polar surface area (TPSA) is 98.7 Å². The van der Waals surface area contributed by atoms with Gasteiger partial charge in [-0.05, 0) is 52.7 Å². The molecule has 152 valence electrons. The van der Waals surface area contributed by atoms with E-state index in [1.165, 1.54) is 4.68 Å². The molecule has 1 amide bonds. The molecule has 0 aliphatic heterocycles. The molecule has 0 unspecified atom stereocenters. The van der Waals surface area contributed by atoms with Crippen molar-refractivity contribution >= 4 is 63.4 Å². The van der Waals surface area contributed by atoms with Gasteiger partial charge < -0.3 is 9.73 Å². The molecule has 0 fully saturated rings. The molecule has 0 bridgehead atoms. The van der Waals surface area contributed by atoms with Crippen molar-refractivity contribution in [2.75, 3.05) is 5.32 Å². The summed E-state index contributed by atoms with van der Waals surface area (Å²) in [4.78, 5) is 17.4. The highest BCUT2D eigenvalue weighted by Gasteiger charge is 2.22. The Morgan fingerprint density at radius 3 is 2.77 bits per heavy atom. The van der Waals surface area contributed by atoms with E-state index < -0.39 is 5.91 Å². The van der Waals surface area contributed by atoms with E-state index in [-0.39, 0.29) is 16.8 Å². The number of hydrogen-bond acceptors (Lipinski definition) is 7. The first-order valence-corrected chi connectivity index (χ1v) is 10.3.